The van der Waals surface area contributed by atoms with Crippen molar-refractivity contribution in [1.29, 1.82) is 0 Å². The summed E-state index contributed by atoms with van der Waals surface area (Å²) in [5.41, 5.74) is 0.871. The number of carbonyl (C=O) groups excluding carboxylic acids is 1. The van der Waals surface area contributed by atoms with E-state index in [1.54, 1.807) is 7.11 Å². The quantitative estimate of drug-likeness (QED) is 0.522. The number of aliphatic hydroxyl groups is 1. The third-order valence-electron chi connectivity index (χ3n) is 6.84. The molecule has 1 amide bonds. The molecule has 2 fully saturated rings. The van der Waals surface area contributed by atoms with E-state index in [0.717, 1.165) is 37.0 Å². The van der Waals surface area contributed by atoms with Gasteiger partial charge in [-0.15, -0.1) is 0 Å². The fraction of sp³-hybridized carbons (Fsp3) is 0.458. The van der Waals surface area contributed by atoms with Gasteiger partial charge in [0.1, 0.15) is 5.75 Å². The van der Waals surface area contributed by atoms with Crippen molar-refractivity contribution in [2.24, 2.45) is 5.92 Å². The summed E-state index contributed by atoms with van der Waals surface area (Å²) < 4.78 is 5.29. The summed E-state index contributed by atoms with van der Waals surface area (Å²) in [5.74, 6) is 0.648. The Bertz CT molecular complexity index is 963. The van der Waals surface area contributed by atoms with E-state index in [1.807, 2.05) is 24.3 Å². The van der Waals surface area contributed by atoms with Gasteiger partial charge in [-0.05, 0) is 49.1 Å². The summed E-state index contributed by atoms with van der Waals surface area (Å²) in [6.07, 6.45) is 4.47. The maximum atomic E-state index is 12.8. The fourth-order valence-electron chi connectivity index (χ4n) is 5.22. The number of non-ortho nitro benzene ring substituents is 1. The number of methoxy groups -OCH3 is 1. The minimum absolute atomic E-state index is 0.0183. The number of nitro groups is 1. The molecule has 0 aromatic heterocycles. The zero-order chi connectivity index (χ0) is 22.7. The first-order valence-electron chi connectivity index (χ1n) is 11.0. The molecule has 32 heavy (non-hydrogen) atoms. The van der Waals surface area contributed by atoms with Gasteiger partial charge in [0.05, 0.1) is 24.2 Å². The van der Waals surface area contributed by atoms with Gasteiger partial charge in [0.25, 0.3) is 5.69 Å². The molecule has 170 valence electrons. The lowest BCUT2D eigenvalue weighted by Gasteiger charge is -2.52. The van der Waals surface area contributed by atoms with Crippen LogP contribution in [0.2, 0.25) is 0 Å². The number of ether oxygens (including phenoxy) is 1. The predicted molar refractivity (Wildman–Crippen MR) is 121 cm³/mol. The van der Waals surface area contributed by atoms with Crippen LogP contribution in [0.3, 0.4) is 0 Å². The number of nitrogens with zero attached hydrogens (tertiary/aromatic N) is 2. The summed E-state index contributed by atoms with van der Waals surface area (Å²) in [7, 11) is 1.63. The van der Waals surface area contributed by atoms with Crippen LogP contribution in [0.4, 0.5) is 11.4 Å². The van der Waals surface area contributed by atoms with E-state index in [-0.39, 0.29) is 30.1 Å². The van der Waals surface area contributed by atoms with Crippen LogP contribution in [0.5, 0.6) is 5.75 Å². The maximum Gasteiger partial charge on any atom is 0.269 e. The van der Waals surface area contributed by atoms with Gasteiger partial charge >= 0.3 is 0 Å². The van der Waals surface area contributed by atoms with Crippen molar-refractivity contribution in [2.75, 3.05) is 25.5 Å². The van der Waals surface area contributed by atoms with Crippen LogP contribution in [-0.4, -0.2) is 46.6 Å². The smallest absolute Gasteiger partial charge is 0.269 e. The molecule has 8 heteroatoms. The van der Waals surface area contributed by atoms with Crippen LogP contribution in [0.15, 0.2) is 48.5 Å². The Labute approximate surface area is 187 Å². The molecular weight excluding hydrogens is 410 g/mol. The number of piperidine rings is 1. The maximum absolute atomic E-state index is 12.8. The summed E-state index contributed by atoms with van der Waals surface area (Å²) in [6.45, 7) is 0.803. The Kier molecular flexibility index (Phi) is 6.43. The molecule has 2 aromatic carbocycles. The topological polar surface area (TPSA) is 105 Å². The normalized spacial score (nSPS) is 25.6. The van der Waals surface area contributed by atoms with E-state index >= 15 is 0 Å². The first-order valence-corrected chi connectivity index (χ1v) is 11.0. The van der Waals surface area contributed by atoms with E-state index in [9.17, 15) is 20.0 Å². The molecule has 4 rings (SSSR count). The van der Waals surface area contributed by atoms with Crippen molar-refractivity contribution >= 4 is 17.3 Å². The molecule has 2 aromatic rings. The van der Waals surface area contributed by atoms with E-state index < -0.39 is 10.5 Å². The molecule has 1 heterocycles. The molecule has 0 spiro atoms. The molecule has 3 atom stereocenters. The summed E-state index contributed by atoms with van der Waals surface area (Å²) >= 11 is 0. The highest BCUT2D eigenvalue weighted by molar-refractivity contribution is 5.92. The van der Waals surface area contributed by atoms with Crippen LogP contribution in [0, 0.1) is 16.0 Å². The minimum Gasteiger partial charge on any atom is -0.497 e. The predicted octanol–water partition coefficient (Wildman–Crippen LogP) is 3.91. The SMILES string of the molecule is COc1ccc([C@@H]2[C@H]3CCCC[C@]3(O)CCN2CC(=O)Nc2ccc([N+](=O)[O-])cc2)cc1. The van der Waals surface area contributed by atoms with Crippen molar-refractivity contribution in [3.05, 3.63) is 64.2 Å². The van der Waals surface area contributed by atoms with Gasteiger partial charge in [0.15, 0.2) is 0 Å². The third kappa shape index (κ3) is 4.61. The molecule has 1 aliphatic heterocycles. The number of carbonyl (C=O) groups is 1. The first-order chi connectivity index (χ1) is 15.4. The number of likely N-dealkylation sites (tertiary alicyclic amines) is 1. The van der Waals surface area contributed by atoms with Gasteiger partial charge in [0.2, 0.25) is 5.91 Å². The number of anilines is 1. The van der Waals surface area contributed by atoms with Crippen LogP contribution in [0.1, 0.15) is 43.7 Å². The third-order valence-corrected chi connectivity index (χ3v) is 6.84. The van der Waals surface area contributed by atoms with Gasteiger partial charge in [-0.1, -0.05) is 25.0 Å². The average Bonchev–Trinajstić information content (AvgIpc) is 2.79. The zero-order valence-corrected chi connectivity index (χ0v) is 18.2. The number of fused-ring (bicyclic) bond motifs is 1. The van der Waals surface area contributed by atoms with Crippen molar-refractivity contribution in [3.63, 3.8) is 0 Å². The molecule has 0 unspecified atom stereocenters. The molecule has 0 bridgehead atoms. The fourth-order valence-corrected chi connectivity index (χ4v) is 5.22. The Morgan fingerprint density at radius 2 is 1.91 bits per heavy atom. The highest BCUT2D eigenvalue weighted by Crippen LogP contribution is 2.49. The average molecular weight is 440 g/mol. The van der Waals surface area contributed by atoms with Gasteiger partial charge in [0, 0.05) is 36.3 Å². The minimum atomic E-state index is -0.700. The van der Waals surface area contributed by atoms with Gasteiger partial charge in [-0.2, -0.15) is 0 Å². The number of benzene rings is 2. The number of hydrogen-bond acceptors (Lipinski definition) is 6. The number of rotatable bonds is 6. The molecule has 1 saturated carbocycles. The van der Waals surface area contributed by atoms with E-state index in [4.69, 9.17) is 4.74 Å². The largest absolute Gasteiger partial charge is 0.497 e. The Hall–Kier alpha value is -2.97. The second-order valence-electron chi connectivity index (χ2n) is 8.75. The van der Waals surface area contributed by atoms with Crippen LogP contribution in [0.25, 0.3) is 0 Å². The van der Waals surface area contributed by atoms with Crippen molar-refractivity contribution in [3.8, 4) is 5.75 Å². The molecule has 2 aliphatic rings. The van der Waals surface area contributed by atoms with Crippen molar-refractivity contribution < 1.29 is 19.6 Å². The Morgan fingerprint density at radius 1 is 1.19 bits per heavy atom. The van der Waals surface area contributed by atoms with Crippen molar-refractivity contribution in [2.45, 2.75) is 43.7 Å². The first kappa shape index (κ1) is 22.2. The molecule has 2 N–H and O–H groups in total. The monoisotopic (exact) mass is 439 g/mol. The number of nitro benzene ring substituents is 1. The van der Waals surface area contributed by atoms with Crippen LogP contribution in [-0.2, 0) is 4.79 Å². The second-order valence-corrected chi connectivity index (χ2v) is 8.75. The molecule has 8 nitrogen and oxygen atoms in total. The number of hydrogen-bond donors (Lipinski definition) is 2. The van der Waals surface area contributed by atoms with Crippen molar-refractivity contribution in [1.82, 2.24) is 4.90 Å². The summed E-state index contributed by atoms with van der Waals surface area (Å²) in [4.78, 5) is 25.4. The standard InChI is InChI=1S/C24H29N3O5/c1-32-20-11-5-17(6-12-20)23-21-4-2-3-13-24(21,29)14-15-26(23)16-22(28)25-18-7-9-19(10-8-18)27(30)31/h5-12,21,23,29H,2-4,13-16H2,1H3,(H,25,28)/t21-,23-,24+/m1/s1. The molecular formula is C24H29N3O5. The highest BCUT2D eigenvalue weighted by Gasteiger charge is 2.49. The van der Waals surface area contributed by atoms with Gasteiger partial charge < -0.3 is 15.2 Å². The lowest BCUT2D eigenvalue weighted by atomic mass is 9.66. The molecule has 1 aliphatic carbocycles. The van der Waals surface area contributed by atoms with Crippen LogP contribution < -0.4 is 10.1 Å². The van der Waals surface area contributed by atoms with Crippen LogP contribution >= 0.6 is 0 Å². The number of amides is 1. The Balaban J connectivity index is 1.53. The molecule has 0 radical (unpaired) electrons. The van der Waals surface area contributed by atoms with E-state index in [1.165, 1.54) is 24.3 Å². The van der Waals surface area contributed by atoms with Gasteiger partial charge in [-0.3, -0.25) is 19.8 Å². The number of nitrogens with one attached hydrogen (secondary N) is 1. The zero-order valence-electron chi connectivity index (χ0n) is 18.2. The lowest BCUT2D eigenvalue weighted by molar-refractivity contribution is -0.384. The highest BCUT2D eigenvalue weighted by atomic mass is 16.6. The molecule has 1 saturated heterocycles. The van der Waals surface area contributed by atoms with Gasteiger partial charge in [-0.25, -0.2) is 0 Å². The second kappa shape index (κ2) is 9.26. The van der Waals surface area contributed by atoms with E-state index in [2.05, 4.69) is 10.2 Å². The summed E-state index contributed by atoms with van der Waals surface area (Å²) in [6, 6.07) is 13.6. The Morgan fingerprint density at radius 3 is 2.56 bits per heavy atom. The van der Waals surface area contributed by atoms with E-state index in [0.29, 0.717) is 18.7 Å². The lowest BCUT2D eigenvalue weighted by Crippen LogP contribution is -2.56. The summed E-state index contributed by atoms with van der Waals surface area (Å²) in [5, 5.41) is 25.0.